The van der Waals surface area contributed by atoms with Crippen LogP contribution in [0.2, 0.25) is 0 Å². The van der Waals surface area contributed by atoms with Crippen molar-refractivity contribution in [3.63, 3.8) is 0 Å². The second-order valence-corrected chi connectivity index (χ2v) is 4.51. The van der Waals surface area contributed by atoms with Gasteiger partial charge in [-0.25, -0.2) is 9.59 Å². The minimum atomic E-state index is -0.881. The first-order valence-electron chi connectivity index (χ1n) is 6.54. The first-order chi connectivity index (χ1) is 9.69. The Kier molecular flexibility index (Phi) is 3.13. The van der Waals surface area contributed by atoms with Gasteiger partial charge in [0.2, 0.25) is 0 Å². The third kappa shape index (κ3) is 2.13. The normalized spacial score (nSPS) is 14.1. The van der Waals surface area contributed by atoms with E-state index in [2.05, 4.69) is 19.8 Å². The van der Waals surface area contributed by atoms with Crippen LogP contribution in [0.5, 0.6) is 6.01 Å². The number of rotatable bonds is 2. The highest BCUT2D eigenvalue weighted by Crippen LogP contribution is 2.22. The average Bonchev–Trinajstić information content (AvgIpc) is 2.83. The Morgan fingerprint density at radius 3 is 3.00 bits per heavy atom. The Morgan fingerprint density at radius 1 is 1.40 bits per heavy atom. The summed E-state index contributed by atoms with van der Waals surface area (Å²) in [5, 5.41) is 3.88. The number of fused-ring (bicyclic) bond motifs is 3. The van der Waals surface area contributed by atoms with E-state index >= 15 is 0 Å². The topological polar surface area (TPSA) is 98.6 Å². The number of aryl methyl sites for hydroxylation is 2. The number of ether oxygens (including phenoxy) is 2. The molecule has 0 radical (unpaired) electrons. The molecule has 0 aliphatic heterocycles. The molecule has 106 valence electrons. The zero-order valence-corrected chi connectivity index (χ0v) is 11.0. The van der Waals surface area contributed by atoms with Crippen molar-refractivity contribution >= 4 is 11.8 Å². The van der Waals surface area contributed by atoms with Crippen molar-refractivity contribution in [2.45, 2.75) is 32.6 Å². The number of aromatic nitrogens is 4. The molecule has 0 aromatic carbocycles. The number of carbonyl (C=O) groups is 1. The number of nitrogens with zero attached hydrogens (tertiary/aromatic N) is 3. The Hall–Kier alpha value is -2.38. The van der Waals surface area contributed by atoms with E-state index in [-0.39, 0.29) is 18.3 Å². The molecule has 2 aromatic rings. The van der Waals surface area contributed by atoms with Gasteiger partial charge in [0.15, 0.2) is 5.65 Å². The molecule has 1 aliphatic rings. The maximum Gasteiger partial charge on any atom is 0.516 e. The van der Waals surface area contributed by atoms with Crippen LogP contribution < -0.4 is 10.4 Å². The van der Waals surface area contributed by atoms with Gasteiger partial charge in [0.05, 0.1) is 6.61 Å². The Labute approximate surface area is 113 Å². The monoisotopic (exact) mass is 278 g/mol. The molecule has 3 rings (SSSR count). The minimum Gasteiger partial charge on any atom is -0.434 e. The fourth-order valence-corrected chi connectivity index (χ4v) is 2.37. The lowest BCUT2D eigenvalue weighted by molar-refractivity contribution is 0.101. The van der Waals surface area contributed by atoms with E-state index in [1.54, 1.807) is 6.92 Å². The van der Waals surface area contributed by atoms with E-state index in [4.69, 9.17) is 4.74 Å². The first-order valence-corrected chi connectivity index (χ1v) is 6.54. The molecule has 1 N–H and O–H groups in total. The maximum absolute atomic E-state index is 11.9. The van der Waals surface area contributed by atoms with Crippen LogP contribution >= 0.6 is 0 Å². The second kappa shape index (κ2) is 4.95. The molecule has 0 unspecified atom stereocenters. The summed E-state index contributed by atoms with van der Waals surface area (Å²) in [7, 11) is 0. The van der Waals surface area contributed by atoms with E-state index in [0.29, 0.717) is 5.65 Å². The van der Waals surface area contributed by atoms with Gasteiger partial charge in [-0.05, 0) is 32.6 Å². The summed E-state index contributed by atoms with van der Waals surface area (Å²) in [5.74, 6) is 0. The predicted octanol–water partition coefficient (Wildman–Crippen LogP) is 0.832. The van der Waals surface area contributed by atoms with Crippen LogP contribution in [-0.2, 0) is 17.6 Å². The van der Waals surface area contributed by atoms with E-state index in [9.17, 15) is 9.59 Å². The van der Waals surface area contributed by atoms with Gasteiger partial charge in [-0.3, -0.25) is 0 Å². The van der Waals surface area contributed by atoms with Gasteiger partial charge >= 0.3 is 17.9 Å². The molecule has 8 nitrogen and oxygen atoms in total. The lowest BCUT2D eigenvalue weighted by atomic mass is 9.97. The van der Waals surface area contributed by atoms with Gasteiger partial charge in [0.25, 0.3) is 0 Å². The fraction of sp³-hybridized carbons (Fsp3) is 0.500. The molecule has 20 heavy (non-hydrogen) atoms. The number of carbonyl (C=O) groups excluding carboxylic acids is 1. The van der Waals surface area contributed by atoms with Crippen molar-refractivity contribution in [3.8, 4) is 6.01 Å². The quantitative estimate of drug-likeness (QED) is 0.817. The van der Waals surface area contributed by atoms with Crippen molar-refractivity contribution in [2.75, 3.05) is 6.61 Å². The molecule has 0 saturated heterocycles. The molecule has 0 atom stereocenters. The van der Waals surface area contributed by atoms with Gasteiger partial charge in [-0.15, -0.1) is 5.10 Å². The summed E-state index contributed by atoms with van der Waals surface area (Å²) in [6.45, 7) is 1.86. The lowest BCUT2D eigenvalue weighted by Crippen LogP contribution is -2.23. The fourth-order valence-electron chi connectivity index (χ4n) is 2.37. The van der Waals surface area contributed by atoms with E-state index in [1.165, 1.54) is 0 Å². The maximum atomic E-state index is 11.9. The third-order valence-electron chi connectivity index (χ3n) is 3.21. The third-order valence-corrected chi connectivity index (χ3v) is 3.21. The van der Waals surface area contributed by atoms with Crippen LogP contribution in [0.25, 0.3) is 5.65 Å². The summed E-state index contributed by atoms with van der Waals surface area (Å²) >= 11 is 0. The van der Waals surface area contributed by atoms with Crippen LogP contribution in [0.3, 0.4) is 0 Å². The van der Waals surface area contributed by atoms with Gasteiger partial charge in [-0.2, -0.15) is 9.50 Å². The predicted molar refractivity (Wildman–Crippen MR) is 67.9 cm³/mol. The SMILES string of the molecule is CCOC(=O)Oc1nc2c3c([nH]c(=O)n2n1)CCCC3. The highest BCUT2D eigenvalue weighted by atomic mass is 16.7. The number of H-pyrrole nitrogens is 1. The Morgan fingerprint density at radius 2 is 2.20 bits per heavy atom. The highest BCUT2D eigenvalue weighted by Gasteiger charge is 2.20. The van der Waals surface area contributed by atoms with Crippen LogP contribution in [0.4, 0.5) is 4.79 Å². The van der Waals surface area contributed by atoms with Crippen LogP contribution in [-0.4, -0.2) is 32.3 Å². The zero-order chi connectivity index (χ0) is 14.1. The number of hydrogen-bond acceptors (Lipinski definition) is 6. The summed E-state index contributed by atoms with van der Waals surface area (Å²) in [6, 6.07) is -0.173. The Bertz CT molecular complexity index is 718. The van der Waals surface area contributed by atoms with Crippen LogP contribution in [0.1, 0.15) is 31.0 Å². The zero-order valence-electron chi connectivity index (χ0n) is 11.0. The standard InChI is InChI=1S/C12H14N4O4/c1-2-19-12(18)20-10-14-9-7-5-3-4-6-8(7)13-11(17)16(9)15-10/h2-6H2,1H3,(H,13,17). The van der Waals surface area contributed by atoms with Crippen molar-refractivity contribution in [2.24, 2.45) is 0 Å². The largest absolute Gasteiger partial charge is 0.516 e. The molecule has 0 bridgehead atoms. The van der Waals surface area contributed by atoms with Crippen molar-refractivity contribution in [3.05, 3.63) is 21.7 Å². The molecule has 2 heterocycles. The molecule has 2 aromatic heterocycles. The van der Waals surface area contributed by atoms with Crippen molar-refractivity contribution in [1.29, 1.82) is 0 Å². The highest BCUT2D eigenvalue weighted by molar-refractivity contribution is 5.63. The molecule has 0 amide bonds. The van der Waals surface area contributed by atoms with Crippen molar-refractivity contribution in [1.82, 2.24) is 19.6 Å². The molecule has 1 aliphatic carbocycles. The smallest absolute Gasteiger partial charge is 0.434 e. The molecule has 8 heteroatoms. The Balaban J connectivity index is 2.04. The summed E-state index contributed by atoms with van der Waals surface area (Å²) in [6.07, 6.45) is 2.85. The summed E-state index contributed by atoms with van der Waals surface area (Å²) in [4.78, 5) is 30.1. The molecular formula is C12H14N4O4. The van der Waals surface area contributed by atoms with Gasteiger partial charge < -0.3 is 14.5 Å². The lowest BCUT2D eigenvalue weighted by Gasteiger charge is -2.14. The van der Waals surface area contributed by atoms with Crippen LogP contribution in [0, 0.1) is 0 Å². The molecule has 0 saturated carbocycles. The summed E-state index contributed by atoms with van der Waals surface area (Å²) < 4.78 is 10.6. The molecule has 0 spiro atoms. The molecular weight excluding hydrogens is 264 g/mol. The van der Waals surface area contributed by atoms with Gasteiger partial charge in [0, 0.05) is 11.3 Å². The second-order valence-electron chi connectivity index (χ2n) is 4.51. The summed E-state index contributed by atoms with van der Waals surface area (Å²) in [5.41, 5.74) is 1.92. The number of nitrogens with one attached hydrogen (secondary N) is 1. The van der Waals surface area contributed by atoms with E-state index in [1.807, 2.05) is 0 Å². The number of hydrogen-bond donors (Lipinski definition) is 1. The van der Waals surface area contributed by atoms with Crippen LogP contribution in [0.15, 0.2) is 4.79 Å². The van der Waals surface area contributed by atoms with Crippen molar-refractivity contribution < 1.29 is 14.3 Å². The average molecular weight is 278 g/mol. The molecule has 0 fully saturated rings. The van der Waals surface area contributed by atoms with Gasteiger partial charge in [0.1, 0.15) is 0 Å². The minimum absolute atomic E-state index is 0.173. The first kappa shape index (κ1) is 12.6. The number of aromatic amines is 1. The van der Waals surface area contributed by atoms with Gasteiger partial charge in [-0.1, -0.05) is 0 Å². The van der Waals surface area contributed by atoms with E-state index in [0.717, 1.165) is 41.5 Å². The van der Waals surface area contributed by atoms with E-state index < -0.39 is 6.16 Å².